The fraction of sp³-hybridized carbons (Fsp3) is 0.714. The minimum Gasteiger partial charge on any atom is -0.493 e. The standard InChI is InChI=1S/C21H27NO5/c1-22-9-8-19-16-13-4-5-14(24-2)17(16)27-18(19)21(25-10-3-11-26-21)7-6-20(19,23)15(22)12-13/h4-5,15,18,23H,3,6-12H2,1-2H3/t15-,18?,19+,20?/m1/s1. The molecule has 0 radical (unpaired) electrons. The van der Waals surface area contributed by atoms with Crippen molar-refractivity contribution in [2.24, 2.45) is 0 Å². The van der Waals surface area contributed by atoms with Gasteiger partial charge in [-0.2, -0.15) is 0 Å². The number of methoxy groups -OCH3 is 1. The second-order valence-corrected chi connectivity index (χ2v) is 8.84. The Hall–Kier alpha value is -1.34. The Labute approximate surface area is 159 Å². The Kier molecular flexibility index (Phi) is 3.18. The Morgan fingerprint density at radius 3 is 2.78 bits per heavy atom. The van der Waals surface area contributed by atoms with Gasteiger partial charge in [0.25, 0.3) is 0 Å². The maximum atomic E-state index is 12.2. The highest BCUT2D eigenvalue weighted by Crippen LogP contribution is 2.67. The minimum absolute atomic E-state index is 0.0881. The third-order valence-electron chi connectivity index (χ3n) is 7.92. The molecule has 6 heteroatoms. The van der Waals surface area contributed by atoms with E-state index in [9.17, 15) is 5.11 Å². The lowest BCUT2D eigenvalue weighted by molar-refractivity contribution is -0.350. The van der Waals surface area contributed by atoms with Crippen molar-refractivity contribution in [2.45, 2.75) is 61.1 Å². The number of rotatable bonds is 1. The van der Waals surface area contributed by atoms with Crippen LogP contribution >= 0.6 is 0 Å². The van der Waals surface area contributed by atoms with E-state index in [1.165, 1.54) is 5.56 Å². The van der Waals surface area contributed by atoms with E-state index < -0.39 is 16.8 Å². The maximum absolute atomic E-state index is 12.2. The van der Waals surface area contributed by atoms with Gasteiger partial charge in [0.15, 0.2) is 17.6 Å². The van der Waals surface area contributed by atoms with Gasteiger partial charge in [0.2, 0.25) is 5.79 Å². The molecule has 3 heterocycles. The second kappa shape index (κ2) is 5.17. The summed E-state index contributed by atoms with van der Waals surface area (Å²) in [5.74, 6) is 0.757. The largest absolute Gasteiger partial charge is 0.493 e. The van der Waals surface area contributed by atoms with Crippen LogP contribution in [0.4, 0.5) is 0 Å². The lowest BCUT2D eigenvalue weighted by Gasteiger charge is -2.65. The molecule has 5 aliphatic rings. The van der Waals surface area contributed by atoms with Crippen molar-refractivity contribution in [2.75, 3.05) is 33.9 Å². The smallest absolute Gasteiger partial charge is 0.206 e. The minimum atomic E-state index is -0.843. The van der Waals surface area contributed by atoms with Crippen LogP contribution in [0, 0.1) is 0 Å². The summed E-state index contributed by atoms with van der Waals surface area (Å²) < 4.78 is 24.8. The van der Waals surface area contributed by atoms with Gasteiger partial charge >= 0.3 is 0 Å². The molecule has 1 aromatic carbocycles. The highest BCUT2D eigenvalue weighted by atomic mass is 16.7. The van der Waals surface area contributed by atoms with Gasteiger partial charge in [-0.15, -0.1) is 0 Å². The van der Waals surface area contributed by atoms with Gasteiger partial charge in [0, 0.05) is 18.0 Å². The highest BCUT2D eigenvalue weighted by molar-refractivity contribution is 5.63. The monoisotopic (exact) mass is 373 g/mol. The SMILES string of the molecule is COc1ccc2c3c1OC1C4(CCC5(O)[C@@H](C2)N(C)CC[C@]315)OCCCO4. The molecule has 3 aliphatic heterocycles. The molecule has 0 amide bonds. The molecule has 2 aliphatic carbocycles. The van der Waals surface area contributed by atoms with E-state index in [0.717, 1.165) is 42.9 Å². The first-order valence-corrected chi connectivity index (χ1v) is 10.1. The van der Waals surface area contributed by atoms with Crippen LogP contribution in [0.2, 0.25) is 0 Å². The number of likely N-dealkylation sites (N-methyl/N-ethyl adjacent to an activating group) is 1. The molecule has 1 saturated carbocycles. The summed E-state index contributed by atoms with van der Waals surface area (Å²) in [4.78, 5) is 2.33. The lowest BCUT2D eigenvalue weighted by atomic mass is 9.48. The average Bonchev–Trinajstić information content (AvgIpc) is 3.05. The molecule has 2 bridgehead atoms. The van der Waals surface area contributed by atoms with Crippen LogP contribution in [-0.4, -0.2) is 67.5 Å². The van der Waals surface area contributed by atoms with Crippen LogP contribution in [0.3, 0.4) is 0 Å². The molecular formula is C21H27NO5. The van der Waals surface area contributed by atoms with E-state index in [-0.39, 0.29) is 12.1 Å². The molecule has 146 valence electrons. The number of fused-ring (bicyclic) bond motifs is 1. The third kappa shape index (κ3) is 1.73. The summed E-state index contributed by atoms with van der Waals surface area (Å²) in [5, 5.41) is 12.2. The second-order valence-electron chi connectivity index (χ2n) is 8.84. The van der Waals surface area contributed by atoms with Crippen molar-refractivity contribution >= 4 is 0 Å². The van der Waals surface area contributed by atoms with Gasteiger partial charge in [-0.3, -0.25) is 0 Å². The molecule has 2 unspecified atom stereocenters. The van der Waals surface area contributed by atoms with Gasteiger partial charge in [-0.05, 0) is 50.9 Å². The molecule has 1 N–H and O–H groups in total. The van der Waals surface area contributed by atoms with E-state index in [4.69, 9.17) is 18.9 Å². The maximum Gasteiger partial charge on any atom is 0.206 e. The number of likely N-dealkylation sites (tertiary alicyclic amines) is 1. The first-order valence-electron chi connectivity index (χ1n) is 10.1. The predicted octanol–water partition coefficient (Wildman–Crippen LogP) is 1.61. The van der Waals surface area contributed by atoms with E-state index in [1.807, 2.05) is 6.07 Å². The zero-order valence-corrected chi connectivity index (χ0v) is 16.0. The summed E-state index contributed by atoms with van der Waals surface area (Å²) >= 11 is 0. The molecule has 1 aromatic rings. The van der Waals surface area contributed by atoms with Crippen LogP contribution in [0.15, 0.2) is 12.1 Å². The normalized spacial score (nSPS) is 41.1. The molecule has 3 fully saturated rings. The number of hydrogen-bond donors (Lipinski definition) is 1. The molecule has 2 spiro atoms. The molecular weight excluding hydrogens is 346 g/mol. The van der Waals surface area contributed by atoms with E-state index in [0.29, 0.717) is 26.1 Å². The summed E-state index contributed by atoms with van der Waals surface area (Å²) in [7, 11) is 3.81. The van der Waals surface area contributed by atoms with Crippen LogP contribution < -0.4 is 9.47 Å². The molecule has 6 nitrogen and oxygen atoms in total. The van der Waals surface area contributed by atoms with Gasteiger partial charge in [0.1, 0.15) is 0 Å². The van der Waals surface area contributed by atoms with Crippen molar-refractivity contribution in [3.05, 3.63) is 23.3 Å². The molecule has 2 saturated heterocycles. The first-order chi connectivity index (χ1) is 13.1. The topological polar surface area (TPSA) is 60.4 Å². The van der Waals surface area contributed by atoms with Crippen LogP contribution in [0.25, 0.3) is 0 Å². The number of aliphatic hydroxyl groups is 1. The van der Waals surface area contributed by atoms with Gasteiger partial charge in [-0.1, -0.05) is 6.07 Å². The van der Waals surface area contributed by atoms with E-state index in [2.05, 4.69) is 18.0 Å². The molecule has 4 atom stereocenters. The first kappa shape index (κ1) is 16.6. The predicted molar refractivity (Wildman–Crippen MR) is 97.3 cm³/mol. The number of nitrogens with zero attached hydrogens (tertiary/aromatic N) is 1. The van der Waals surface area contributed by atoms with Crippen molar-refractivity contribution in [3.63, 3.8) is 0 Å². The zero-order valence-electron chi connectivity index (χ0n) is 16.0. The van der Waals surface area contributed by atoms with Crippen molar-refractivity contribution in [1.82, 2.24) is 4.90 Å². The molecule has 0 aromatic heterocycles. The van der Waals surface area contributed by atoms with Gasteiger partial charge < -0.3 is 29.0 Å². The van der Waals surface area contributed by atoms with Crippen molar-refractivity contribution in [1.29, 1.82) is 0 Å². The van der Waals surface area contributed by atoms with Gasteiger partial charge in [-0.25, -0.2) is 0 Å². The van der Waals surface area contributed by atoms with Crippen molar-refractivity contribution in [3.8, 4) is 11.5 Å². The third-order valence-corrected chi connectivity index (χ3v) is 7.92. The quantitative estimate of drug-likeness (QED) is 0.807. The number of hydrogen-bond acceptors (Lipinski definition) is 6. The number of benzene rings is 1. The fourth-order valence-electron chi connectivity index (χ4n) is 6.75. The average molecular weight is 373 g/mol. The fourth-order valence-corrected chi connectivity index (χ4v) is 6.75. The summed E-state index contributed by atoms with van der Waals surface area (Å²) in [6, 6.07) is 4.24. The van der Waals surface area contributed by atoms with Crippen LogP contribution in [-0.2, 0) is 21.3 Å². The lowest BCUT2D eigenvalue weighted by Crippen LogP contribution is -2.79. The van der Waals surface area contributed by atoms with E-state index >= 15 is 0 Å². The summed E-state index contributed by atoms with van der Waals surface area (Å²) in [6.07, 6.45) is 3.56. The summed E-state index contributed by atoms with van der Waals surface area (Å²) in [6.45, 7) is 2.29. The van der Waals surface area contributed by atoms with Crippen molar-refractivity contribution < 1.29 is 24.1 Å². The molecule has 6 rings (SSSR count). The number of ether oxygens (including phenoxy) is 4. The Morgan fingerprint density at radius 1 is 1.19 bits per heavy atom. The summed E-state index contributed by atoms with van der Waals surface area (Å²) in [5.41, 5.74) is 1.07. The van der Waals surface area contributed by atoms with E-state index in [1.54, 1.807) is 7.11 Å². The Balaban J connectivity index is 1.63. The Bertz CT molecular complexity index is 806. The molecule has 27 heavy (non-hydrogen) atoms. The van der Waals surface area contributed by atoms with Crippen LogP contribution in [0.5, 0.6) is 11.5 Å². The van der Waals surface area contributed by atoms with Gasteiger partial charge in [0.05, 0.1) is 31.3 Å². The zero-order chi connectivity index (χ0) is 18.4. The highest BCUT2D eigenvalue weighted by Gasteiger charge is 2.76. The Morgan fingerprint density at radius 2 is 2.00 bits per heavy atom. The number of piperidine rings is 1. The van der Waals surface area contributed by atoms with Crippen LogP contribution in [0.1, 0.15) is 36.8 Å².